The van der Waals surface area contributed by atoms with Gasteiger partial charge < -0.3 is 0 Å². The number of hydrogen-bond donors (Lipinski definition) is 0. The zero-order chi connectivity index (χ0) is 20.7. The van der Waals surface area contributed by atoms with Gasteiger partial charge in [0.1, 0.15) is 0 Å². The second kappa shape index (κ2) is 9.77. The molecule has 0 bridgehead atoms. The molecule has 2 aromatic carbocycles. The van der Waals surface area contributed by atoms with E-state index >= 15 is 0 Å². The predicted octanol–water partition coefficient (Wildman–Crippen LogP) is 2.54. The third kappa shape index (κ3) is 7.75. The van der Waals surface area contributed by atoms with Gasteiger partial charge in [-0.3, -0.25) is 0 Å². The number of ether oxygens (including phenoxy) is 3. The van der Waals surface area contributed by atoms with Crippen LogP contribution in [0.2, 0.25) is 0 Å². The first-order valence-electron chi connectivity index (χ1n) is 8.73. The Bertz CT molecular complexity index is 833. The summed E-state index contributed by atoms with van der Waals surface area (Å²) in [7, 11) is 0. The van der Waals surface area contributed by atoms with Crippen molar-refractivity contribution in [2.45, 2.75) is 33.3 Å². The maximum absolute atomic E-state index is 11.7. The van der Waals surface area contributed by atoms with Gasteiger partial charge in [0.05, 0.1) is 0 Å². The minimum absolute atomic E-state index is 0.113. The van der Waals surface area contributed by atoms with Gasteiger partial charge in [0.2, 0.25) is 0 Å². The van der Waals surface area contributed by atoms with Gasteiger partial charge in [-0.1, -0.05) is 0 Å². The van der Waals surface area contributed by atoms with Crippen molar-refractivity contribution in [2.24, 2.45) is 0 Å². The first kappa shape index (κ1) is 22.0. The average molecular weight is 496 g/mol. The van der Waals surface area contributed by atoms with Crippen LogP contribution >= 0.6 is 0 Å². The number of esters is 2. The molecule has 0 saturated carbocycles. The van der Waals surface area contributed by atoms with Gasteiger partial charge in [-0.15, -0.1) is 0 Å². The zero-order valence-electron chi connectivity index (χ0n) is 16.5. The van der Waals surface area contributed by atoms with Crippen LogP contribution in [-0.4, -0.2) is 45.1 Å². The van der Waals surface area contributed by atoms with E-state index in [1.807, 2.05) is 57.2 Å². The first-order valence-corrected chi connectivity index (χ1v) is 11.1. The molecular weight excluding hydrogens is 472 g/mol. The van der Waals surface area contributed by atoms with E-state index in [0.717, 1.165) is 0 Å². The van der Waals surface area contributed by atoms with Crippen molar-refractivity contribution in [3.05, 3.63) is 60.7 Å². The Morgan fingerprint density at radius 3 is 1.89 bits per heavy atom. The Labute approximate surface area is 175 Å². The van der Waals surface area contributed by atoms with Crippen LogP contribution in [0.15, 0.2) is 60.7 Å². The molecule has 0 aliphatic carbocycles. The van der Waals surface area contributed by atoms with Gasteiger partial charge in [-0.25, -0.2) is 0 Å². The Morgan fingerprint density at radius 2 is 1.43 bits per heavy atom. The van der Waals surface area contributed by atoms with Gasteiger partial charge in [0.25, 0.3) is 0 Å². The van der Waals surface area contributed by atoms with Crippen LogP contribution in [0.1, 0.15) is 27.7 Å². The van der Waals surface area contributed by atoms with Gasteiger partial charge >= 0.3 is 176 Å². The van der Waals surface area contributed by atoms with E-state index in [0.29, 0.717) is 17.1 Å². The predicted molar refractivity (Wildman–Crippen MR) is 110 cm³/mol. The molecule has 0 unspecified atom stereocenters. The fourth-order valence-electron chi connectivity index (χ4n) is 2.02. The number of hydrogen-bond acceptors (Lipinski definition) is 5. The number of rotatable bonds is 7. The molecule has 0 saturated heterocycles. The van der Waals surface area contributed by atoms with Gasteiger partial charge in [0.15, 0.2) is 0 Å². The molecule has 148 valence electrons. The van der Waals surface area contributed by atoms with Crippen LogP contribution in [0.5, 0.6) is 11.5 Å². The molecule has 5 nitrogen and oxygen atoms in total. The van der Waals surface area contributed by atoms with E-state index in [2.05, 4.69) is 6.58 Å². The van der Waals surface area contributed by atoms with Crippen LogP contribution in [0, 0.1) is 0 Å². The standard InChI is InChI=1S/C22H24O5Te/c1-15(2)21(24)26-17-8-12-19(13-9-17)28-18-10-6-16(7-11-18)25-14-20(23)27-22(3,4)5/h6-13H,1,14H2,2-5H3. The minimum atomic E-state index is -0.578. The zero-order valence-corrected chi connectivity index (χ0v) is 18.8. The molecule has 2 rings (SSSR count). The monoisotopic (exact) mass is 498 g/mol. The van der Waals surface area contributed by atoms with Gasteiger partial charge in [-0.2, -0.15) is 0 Å². The molecule has 0 heterocycles. The molecule has 0 aliphatic rings. The molecule has 0 fully saturated rings. The molecule has 0 amide bonds. The SMILES string of the molecule is C=C(C)C(=O)Oc1ccc([Te]c2ccc(OCC(=O)OC(C)(C)C)cc2)cc1. The molecule has 0 radical (unpaired) electrons. The van der Waals surface area contributed by atoms with Crippen LogP contribution in [0.25, 0.3) is 0 Å². The van der Waals surface area contributed by atoms with E-state index < -0.39 is 38.5 Å². The molecule has 6 heteroatoms. The molecule has 2 aromatic rings. The summed E-state index contributed by atoms with van der Waals surface area (Å²) in [5.41, 5.74) is -0.152. The summed E-state index contributed by atoms with van der Waals surface area (Å²) in [5.74, 6) is 0.322. The summed E-state index contributed by atoms with van der Waals surface area (Å²) in [4.78, 5) is 23.2. The fraction of sp³-hybridized carbons (Fsp3) is 0.273. The average Bonchev–Trinajstić information content (AvgIpc) is 2.61. The normalized spacial score (nSPS) is 10.9. The quantitative estimate of drug-likeness (QED) is 0.256. The summed E-state index contributed by atoms with van der Waals surface area (Å²) >= 11 is -0.578. The molecule has 28 heavy (non-hydrogen) atoms. The molecule has 0 aromatic heterocycles. The molecule has 0 spiro atoms. The van der Waals surface area contributed by atoms with E-state index in [4.69, 9.17) is 14.2 Å². The number of carbonyl (C=O) groups is 2. The first-order chi connectivity index (χ1) is 13.1. The topological polar surface area (TPSA) is 61.8 Å². The van der Waals surface area contributed by atoms with Crippen molar-refractivity contribution in [2.75, 3.05) is 6.61 Å². The van der Waals surface area contributed by atoms with Crippen molar-refractivity contribution in [1.29, 1.82) is 0 Å². The Kier molecular flexibility index (Phi) is 7.68. The Morgan fingerprint density at radius 1 is 0.929 bits per heavy atom. The van der Waals surface area contributed by atoms with Crippen LogP contribution in [0.4, 0.5) is 0 Å². The summed E-state index contributed by atoms with van der Waals surface area (Å²) in [6, 6.07) is 15.2. The molecule has 0 N–H and O–H groups in total. The van der Waals surface area contributed by atoms with E-state index in [9.17, 15) is 9.59 Å². The van der Waals surface area contributed by atoms with E-state index in [1.165, 1.54) is 7.22 Å². The Hall–Kier alpha value is -2.29. The van der Waals surface area contributed by atoms with Crippen molar-refractivity contribution in [3.8, 4) is 11.5 Å². The third-order valence-corrected chi connectivity index (χ3v) is 6.12. The Balaban J connectivity index is 1.87. The second-order valence-electron chi connectivity index (χ2n) is 7.09. The molecule has 0 aliphatic heterocycles. The maximum atomic E-state index is 11.7. The second-order valence-corrected chi connectivity index (χ2v) is 10.4. The van der Waals surface area contributed by atoms with Crippen molar-refractivity contribution < 1.29 is 23.8 Å². The summed E-state index contributed by atoms with van der Waals surface area (Å²) in [6.45, 7) is 10.5. The third-order valence-electron chi connectivity index (χ3n) is 3.22. The summed E-state index contributed by atoms with van der Waals surface area (Å²) in [5, 5.41) is 0. The van der Waals surface area contributed by atoms with Gasteiger partial charge in [0, 0.05) is 0 Å². The number of carbonyl (C=O) groups excluding carboxylic acids is 2. The summed E-state index contributed by atoms with van der Waals surface area (Å²) in [6.07, 6.45) is 0. The van der Waals surface area contributed by atoms with Crippen molar-refractivity contribution >= 4 is 40.1 Å². The van der Waals surface area contributed by atoms with Crippen LogP contribution in [-0.2, 0) is 14.3 Å². The van der Waals surface area contributed by atoms with Crippen molar-refractivity contribution in [1.82, 2.24) is 0 Å². The summed E-state index contributed by atoms with van der Waals surface area (Å²) < 4.78 is 18.3. The number of benzene rings is 2. The molecule has 0 atom stereocenters. The van der Waals surface area contributed by atoms with E-state index in [-0.39, 0.29) is 6.61 Å². The van der Waals surface area contributed by atoms with Crippen LogP contribution in [0.3, 0.4) is 0 Å². The fourth-order valence-corrected chi connectivity index (χ4v) is 4.35. The van der Waals surface area contributed by atoms with Crippen molar-refractivity contribution in [3.63, 3.8) is 0 Å². The van der Waals surface area contributed by atoms with Crippen LogP contribution < -0.4 is 16.7 Å². The van der Waals surface area contributed by atoms with E-state index in [1.54, 1.807) is 19.1 Å². The van der Waals surface area contributed by atoms with Gasteiger partial charge in [-0.05, 0) is 0 Å². The molecular formula is C22H24O5Te.